The molecule has 0 radical (unpaired) electrons. The summed E-state index contributed by atoms with van der Waals surface area (Å²) in [5.41, 5.74) is 0. The Hall–Kier alpha value is -1.94. The van der Waals surface area contributed by atoms with Gasteiger partial charge in [0.1, 0.15) is 19.3 Å². The lowest BCUT2D eigenvalue weighted by atomic mass is 9.99. The molecule has 19 heteroatoms. The molecule has 0 aromatic carbocycles. The van der Waals surface area contributed by atoms with E-state index >= 15 is 0 Å². The van der Waals surface area contributed by atoms with Crippen molar-refractivity contribution in [1.82, 2.24) is 0 Å². The second-order valence-electron chi connectivity index (χ2n) is 29.9. The molecule has 0 aromatic rings. The highest BCUT2D eigenvalue weighted by Crippen LogP contribution is 2.45. The molecule has 17 nitrogen and oxygen atoms in total. The van der Waals surface area contributed by atoms with Gasteiger partial charge in [-0.25, -0.2) is 9.13 Å². The predicted octanol–water partition coefficient (Wildman–Crippen LogP) is 24.3. The number of phosphoric ester groups is 2. The van der Waals surface area contributed by atoms with Crippen LogP contribution in [0, 0.1) is 11.8 Å². The molecular weight excluding hydrogens is 1310 g/mol. The largest absolute Gasteiger partial charge is 0.472 e. The molecule has 3 N–H and O–H groups in total. The number of ether oxygens (including phenoxy) is 4. The SMILES string of the molecule is CCCCCCCCCCCCCCCCCCCCCC(=O)OC[C@H](COP(=O)(O)OC[C@@H](O)COP(=O)(O)OC[C@@H](COC(=O)CCCCCCCCCC)OC(=O)CCCCCCCCCCC(C)C)OC(=O)CCCCCCCCCCCCCCCCCCCCC(C)CC. The van der Waals surface area contributed by atoms with Crippen molar-refractivity contribution in [2.75, 3.05) is 39.6 Å². The lowest BCUT2D eigenvalue weighted by molar-refractivity contribution is -0.161. The van der Waals surface area contributed by atoms with Gasteiger partial charge >= 0.3 is 39.5 Å². The van der Waals surface area contributed by atoms with Crippen molar-refractivity contribution >= 4 is 39.5 Å². The highest BCUT2D eigenvalue weighted by atomic mass is 31.2. The van der Waals surface area contributed by atoms with Crippen LogP contribution in [0.5, 0.6) is 0 Å². The van der Waals surface area contributed by atoms with Gasteiger partial charge in [0.2, 0.25) is 0 Å². The fourth-order valence-corrected chi connectivity index (χ4v) is 14.1. The first kappa shape index (κ1) is 98.1. The molecule has 0 rings (SSSR count). The maximum atomic E-state index is 13.1. The molecule has 594 valence electrons. The molecule has 0 saturated carbocycles. The highest BCUT2D eigenvalue weighted by Gasteiger charge is 2.30. The zero-order valence-corrected chi connectivity index (χ0v) is 67.3. The van der Waals surface area contributed by atoms with Gasteiger partial charge in [-0.3, -0.25) is 37.3 Å². The van der Waals surface area contributed by atoms with Crippen molar-refractivity contribution < 1.29 is 80.2 Å². The van der Waals surface area contributed by atoms with E-state index in [1.54, 1.807) is 0 Å². The lowest BCUT2D eigenvalue weighted by Gasteiger charge is -2.21. The Bertz CT molecular complexity index is 1930. The van der Waals surface area contributed by atoms with Crippen LogP contribution in [0.1, 0.15) is 427 Å². The first-order chi connectivity index (χ1) is 48.4. The molecule has 0 amide bonds. The van der Waals surface area contributed by atoms with E-state index in [4.69, 9.17) is 37.0 Å². The molecule has 6 atom stereocenters. The van der Waals surface area contributed by atoms with Crippen LogP contribution in [0.2, 0.25) is 0 Å². The van der Waals surface area contributed by atoms with Crippen molar-refractivity contribution in [2.45, 2.75) is 445 Å². The second kappa shape index (κ2) is 72.6. The number of phosphoric acid groups is 2. The summed E-state index contributed by atoms with van der Waals surface area (Å²) in [5.74, 6) is -0.525. The zero-order valence-electron chi connectivity index (χ0n) is 65.5. The minimum absolute atomic E-state index is 0.105. The minimum atomic E-state index is -4.96. The van der Waals surface area contributed by atoms with Gasteiger partial charge in [0, 0.05) is 25.7 Å². The summed E-state index contributed by atoms with van der Waals surface area (Å²) >= 11 is 0. The summed E-state index contributed by atoms with van der Waals surface area (Å²) in [6.45, 7) is 9.62. The van der Waals surface area contributed by atoms with E-state index in [-0.39, 0.29) is 25.7 Å². The molecule has 0 aliphatic carbocycles. The van der Waals surface area contributed by atoms with Crippen LogP contribution in [-0.2, 0) is 65.4 Å². The van der Waals surface area contributed by atoms with Gasteiger partial charge in [-0.1, -0.05) is 375 Å². The molecule has 0 aliphatic heterocycles. The number of rotatable bonds is 80. The molecule has 0 saturated heterocycles. The van der Waals surface area contributed by atoms with Crippen LogP contribution in [-0.4, -0.2) is 96.7 Å². The van der Waals surface area contributed by atoms with Gasteiger partial charge in [-0.05, 0) is 37.5 Å². The average molecular weight is 1470 g/mol. The number of aliphatic hydroxyl groups is 1. The Morgan fingerprint density at radius 2 is 0.510 bits per heavy atom. The van der Waals surface area contributed by atoms with Gasteiger partial charge in [0.15, 0.2) is 12.2 Å². The summed E-state index contributed by atoms with van der Waals surface area (Å²) in [6.07, 6.45) is 62.7. The number of unbranched alkanes of at least 4 members (excludes halogenated alkanes) is 49. The summed E-state index contributed by atoms with van der Waals surface area (Å²) in [4.78, 5) is 72.8. The molecule has 0 aliphatic rings. The number of aliphatic hydroxyl groups excluding tert-OH is 1. The third-order valence-corrected chi connectivity index (χ3v) is 21.2. The van der Waals surface area contributed by atoms with E-state index in [2.05, 4.69) is 41.5 Å². The third-order valence-electron chi connectivity index (χ3n) is 19.3. The van der Waals surface area contributed by atoms with E-state index in [0.717, 1.165) is 108 Å². The first-order valence-electron chi connectivity index (χ1n) is 42.0. The minimum Gasteiger partial charge on any atom is -0.462 e. The van der Waals surface area contributed by atoms with E-state index < -0.39 is 97.5 Å². The van der Waals surface area contributed by atoms with Crippen molar-refractivity contribution in [3.8, 4) is 0 Å². The van der Waals surface area contributed by atoms with E-state index in [1.165, 1.54) is 238 Å². The molecule has 0 bridgehead atoms. The van der Waals surface area contributed by atoms with Crippen molar-refractivity contribution in [3.63, 3.8) is 0 Å². The maximum Gasteiger partial charge on any atom is 0.472 e. The Morgan fingerprint density at radius 3 is 0.760 bits per heavy atom. The third kappa shape index (κ3) is 73.0. The maximum absolute atomic E-state index is 13.1. The van der Waals surface area contributed by atoms with Crippen molar-refractivity contribution in [2.24, 2.45) is 11.8 Å². The summed E-state index contributed by atoms with van der Waals surface area (Å²) in [5, 5.41) is 10.6. The summed E-state index contributed by atoms with van der Waals surface area (Å²) in [7, 11) is -9.91. The van der Waals surface area contributed by atoms with Crippen LogP contribution in [0.15, 0.2) is 0 Å². The highest BCUT2D eigenvalue weighted by molar-refractivity contribution is 7.47. The van der Waals surface area contributed by atoms with Crippen LogP contribution in [0.4, 0.5) is 0 Å². The predicted molar refractivity (Wildman–Crippen MR) is 409 cm³/mol. The smallest absolute Gasteiger partial charge is 0.462 e. The summed E-state index contributed by atoms with van der Waals surface area (Å²) in [6, 6.07) is 0. The number of carbonyl (C=O) groups is 4. The molecule has 0 spiro atoms. The van der Waals surface area contributed by atoms with E-state index in [1.807, 2.05) is 0 Å². The molecule has 0 heterocycles. The molecule has 0 aromatic heterocycles. The quantitative estimate of drug-likeness (QED) is 0.0222. The number of hydrogen-bond donors (Lipinski definition) is 3. The van der Waals surface area contributed by atoms with E-state index in [9.17, 15) is 43.2 Å². The first-order valence-corrected chi connectivity index (χ1v) is 45.0. The van der Waals surface area contributed by atoms with Crippen LogP contribution in [0.3, 0.4) is 0 Å². The molecular formula is C81H158O17P2. The summed E-state index contributed by atoms with van der Waals surface area (Å²) < 4.78 is 68.6. The monoisotopic (exact) mass is 1470 g/mol. The second-order valence-corrected chi connectivity index (χ2v) is 32.8. The van der Waals surface area contributed by atoms with E-state index in [0.29, 0.717) is 25.7 Å². The van der Waals surface area contributed by atoms with Crippen LogP contribution >= 0.6 is 15.6 Å². The zero-order chi connectivity index (χ0) is 73.5. The topological polar surface area (TPSA) is 237 Å². The number of esters is 4. The Morgan fingerprint density at radius 1 is 0.290 bits per heavy atom. The van der Waals surface area contributed by atoms with Crippen molar-refractivity contribution in [1.29, 1.82) is 0 Å². The number of hydrogen-bond acceptors (Lipinski definition) is 15. The number of carbonyl (C=O) groups excluding carboxylic acids is 4. The molecule has 0 fully saturated rings. The Balaban J connectivity index is 5.17. The van der Waals surface area contributed by atoms with Gasteiger partial charge in [-0.15, -0.1) is 0 Å². The Labute approximate surface area is 613 Å². The lowest BCUT2D eigenvalue weighted by Crippen LogP contribution is -2.30. The van der Waals surface area contributed by atoms with Gasteiger partial charge in [0.25, 0.3) is 0 Å². The average Bonchev–Trinajstić information content (AvgIpc) is 0.922. The molecule has 3 unspecified atom stereocenters. The molecule has 100 heavy (non-hydrogen) atoms. The van der Waals surface area contributed by atoms with Crippen LogP contribution < -0.4 is 0 Å². The normalized spacial score (nSPS) is 14.2. The standard InChI is InChI=1S/C81H158O17P2/c1-7-10-12-14-16-18-19-20-21-22-23-27-30-33-36-39-46-52-58-64-79(84)92-70-77(97-80(85)65-59-53-47-40-37-34-31-28-25-24-26-29-32-35-38-44-50-56-62-74(6)9-3)72-96-100(89,90)94-68-75(82)67-93-99(87,88)95-71-76(69-91-78(83)63-57-51-45-17-15-13-11-8-2)98-81(86)66-60-54-48-42-41-43-49-55-61-73(4)5/h73-77,82H,7-72H2,1-6H3,(H,87,88)(H,89,90)/t74?,75-,76+,77+/m0/s1. The fourth-order valence-electron chi connectivity index (χ4n) is 12.5. The van der Waals surface area contributed by atoms with Gasteiger partial charge in [-0.2, -0.15) is 0 Å². The Kier molecular flexibility index (Phi) is 71.2. The van der Waals surface area contributed by atoms with Gasteiger partial charge in [0.05, 0.1) is 26.4 Å². The van der Waals surface area contributed by atoms with Crippen LogP contribution in [0.25, 0.3) is 0 Å². The van der Waals surface area contributed by atoms with Crippen molar-refractivity contribution in [3.05, 3.63) is 0 Å². The fraction of sp³-hybridized carbons (Fsp3) is 0.951. The van der Waals surface area contributed by atoms with Gasteiger partial charge < -0.3 is 33.8 Å².